The van der Waals surface area contributed by atoms with Crippen LogP contribution in [0, 0.1) is 19.7 Å². The molecule has 1 aromatic carbocycles. The van der Waals surface area contributed by atoms with Crippen molar-refractivity contribution in [2.24, 2.45) is 0 Å². The van der Waals surface area contributed by atoms with E-state index in [-0.39, 0.29) is 4.90 Å². The zero-order valence-corrected chi connectivity index (χ0v) is 14.3. The lowest BCUT2D eigenvalue weighted by Crippen LogP contribution is -2.34. The SMILES string of the molecule is CCCCN(CCCC)S(=O)(=O)c1c(C)cc(F)cc1C. The summed E-state index contributed by atoms with van der Waals surface area (Å²) in [6, 6.07) is 2.58. The molecule has 21 heavy (non-hydrogen) atoms. The minimum Gasteiger partial charge on any atom is -0.207 e. The first-order chi connectivity index (χ1) is 9.84. The van der Waals surface area contributed by atoms with Crippen molar-refractivity contribution in [2.75, 3.05) is 13.1 Å². The van der Waals surface area contributed by atoms with Crippen LogP contribution in [0.15, 0.2) is 17.0 Å². The fourth-order valence-corrected chi connectivity index (χ4v) is 4.38. The zero-order chi connectivity index (χ0) is 16.0. The molecule has 1 rings (SSSR count). The van der Waals surface area contributed by atoms with Crippen molar-refractivity contribution in [3.8, 4) is 0 Å². The molecular weight excluding hydrogens is 289 g/mol. The molecule has 0 aliphatic carbocycles. The van der Waals surface area contributed by atoms with Gasteiger partial charge in [0.15, 0.2) is 0 Å². The lowest BCUT2D eigenvalue weighted by atomic mass is 10.1. The van der Waals surface area contributed by atoms with Crippen molar-refractivity contribution < 1.29 is 12.8 Å². The third kappa shape index (κ3) is 4.51. The Bertz CT molecular complexity index is 539. The van der Waals surface area contributed by atoms with Gasteiger partial charge in [-0.2, -0.15) is 4.31 Å². The first-order valence-electron chi connectivity index (χ1n) is 7.61. The fraction of sp³-hybridized carbons (Fsp3) is 0.625. The van der Waals surface area contributed by atoms with E-state index in [1.165, 1.54) is 12.1 Å². The number of nitrogens with zero attached hydrogens (tertiary/aromatic N) is 1. The van der Waals surface area contributed by atoms with E-state index in [9.17, 15) is 12.8 Å². The van der Waals surface area contributed by atoms with Crippen LogP contribution < -0.4 is 0 Å². The van der Waals surface area contributed by atoms with Crippen LogP contribution in [0.4, 0.5) is 4.39 Å². The molecule has 0 atom stereocenters. The highest BCUT2D eigenvalue weighted by Crippen LogP contribution is 2.25. The summed E-state index contributed by atoms with van der Waals surface area (Å²) in [7, 11) is -3.56. The molecule has 0 saturated carbocycles. The second-order valence-electron chi connectivity index (χ2n) is 5.48. The van der Waals surface area contributed by atoms with Crippen LogP contribution in [-0.4, -0.2) is 25.8 Å². The molecule has 3 nitrogen and oxygen atoms in total. The van der Waals surface area contributed by atoms with Gasteiger partial charge in [-0.1, -0.05) is 26.7 Å². The van der Waals surface area contributed by atoms with Gasteiger partial charge < -0.3 is 0 Å². The monoisotopic (exact) mass is 315 g/mol. The van der Waals surface area contributed by atoms with Gasteiger partial charge in [-0.15, -0.1) is 0 Å². The van der Waals surface area contributed by atoms with Crippen LogP contribution in [0.3, 0.4) is 0 Å². The minimum absolute atomic E-state index is 0.260. The molecule has 0 bridgehead atoms. The number of aryl methyl sites for hydroxylation is 2. The van der Waals surface area contributed by atoms with Crippen LogP contribution in [-0.2, 0) is 10.0 Å². The maximum absolute atomic E-state index is 13.4. The Labute approximate surface area is 128 Å². The number of unbranched alkanes of at least 4 members (excludes halogenated alkanes) is 2. The molecule has 0 unspecified atom stereocenters. The van der Waals surface area contributed by atoms with Crippen LogP contribution in [0.1, 0.15) is 50.7 Å². The lowest BCUT2D eigenvalue weighted by molar-refractivity contribution is 0.394. The van der Waals surface area contributed by atoms with E-state index in [1.54, 1.807) is 18.2 Å². The van der Waals surface area contributed by atoms with E-state index in [0.29, 0.717) is 24.2 Å². The molecule has 1 aromatic rings. The number of sulfonamides is 1. The molecule has 0 radical (unpaired) electrons. The Morgan fingerprint density at radius 3 is 1.81 bits per heavy atom. The molecule has 0 amide bonds. The summed E-state index contributed by atoms with van der Waals surface area (Å²) in [5.74, 6) is -0.391. The van der Waals surface area contributed by atoms with Gasteiger partial charge in [0.2, 0.25) is 10.0 Å². The second-order valence-corrected chi connectivity index (χ2v) is 7.35. The Morgan fingerprint density at radius 2 is 1.43 bits per heavy atom. The van der Waals surface area contributed by atoms with Crippen molar-refractivity contribution in [2.45, 2.75) is 58.3 Å². The van der Waals surface area contributed by atoms with Crippen molar-refractivity contribution in [3.05, 3.63) is 29.1 Å². The fourth-order valence-electron chi connectivity index (χ4n) is 2.45. The second kappa shape index (κ2) is 7.90. The Kier molecular flexibility index (Phi) is 6.81. The lowest BCUT2D eigenvalue weighted by Gasteiger charge is -2.24. The number of halogens is 1. The van der Waals surface area contributed by atoms with Gasteiger partial charge in [-0.05, 0) is 49.9 Å². The van der Waals surface area contributed by atoms with E-state index >= 15 is 0 Å². The predicted molar refractivity (Wildman–Crippen MR) is 84.4 cm³/mol. The molecule has 0 spiro atoms. The summed E-state index contributed by atoms with van der Waals surface area (Å²) in [5, 5.41) is 0. The Morgan fingerprint density at radius 1 is 1.00 bits per heavy atom. The van der Waals surface area contributed by atoms with Crippen molar-refractivity contribution in [1.82, 2.24) is 4.31 Å². The van der Waals surface area contributed by atoms with Crippen molar-refractivity contribution in [1.29, 1.82) is 0 Å². The van der Waals surface area contributed by atoms with Gasteiger partial charge in [-0.3, -0.25) is 0 Å². The minimum atomic E-state index is -3.56. The van der Waals surface area contributed by atoms with Crippen LogP contribution >= 0.6 is 0 Å². The predicted octanol–water partition coefficient (Wildman–Crippen LogP) is 4.03. The summed E-state index contributed by atoms with van der Waals surface area (Å²) in [5.41, 5.74) is 0.955. The maximum atomic E-state index is 13.4. The summed E-state index contributed by atoms with van der Waals surface area (Å²) in [6.07, 6.45) is 3.56. The number of rotatable bonds is 8. The largest absolute Gasteiger partial charge is 0.243 e. The highest BCUT2D eigenvalue weighted by Gasteiger charge is 2.27. The average molecular weight is 315 g/mol. The molecule has 0 fully saturated rings. The number of hydrogen-bond acceptors (Lipinski definition) is 2. The van der Waals surface area contributed by atoms with Gasteiger partial charge in [-0.25, -0.2) is 12.8 Å². The highest BCUT2D eigenvalue weighted by atomic mass is 32.2. The first-order valence-corrected chi connectivity index (χ1v) is 9.05. The summed E-state index contributed by atoms with van der Waals surface area (Å²) in [4.78, 5) is 0.260. The van der Waals surface area contributed by atoms with Crippen LogP contribution in [0.2, 0.25) is 0 Å². The smallest absolute Gasteiger partial charge is 0.207 e. The highest BCUT2D eigenvalue weighted by molar-refractivity contribution is 7.89. The van der Waals surface area contributed by atoms with Crippen LogP contribution in [0.25, 0.3) is 0 Å². The first kappa shape index (κ1) is 18.1. The van der Waals surface area contributed by atoms with Crippen LogP contribution in [0.5, 0.6) is 0 Å². The van der Waals surface area contributed by atoms with Gasteiger partial charge >= 0.3 is 0 Å². The van der Waals surface area contributed by atoms with Gasteiger partial charge in [0.25, 0.3) is 0 Å². The average Bonchev–Trinajstić information content (AvgIpc) is 2.36. The Hall–Kier alpha value is -0.940. The zero-order valence-electron chi connectivity index (χ0n) is 13.4. The molecule has 0 heterocycles. The maximum Gasteiger partial charge on any atom is 0.243 e. The van der Waals surface area contributed by atoms with Crippen molar-refractivity contribution >= 4 is 10.0 Å². The van der Waals surface area contributed by atoms with E-state index in [2.05, 4.69) is 0 Å². The molecule has 0 aliphatic heterocycles. The molecule has 120 valence electrons. The van der Waals surface area contributed by atoms with Gasteiger partial charge in [0.1, 0.15) is 5.82 Å². The number of hydrogen-bond donors (Lipinski definition) is 0. The molecule has 0 aromatic heterocycles. The molecule has 5 heteroatoms. The standard InChI is InChI=1S/C16H26FNO2S/c1-5-7-9-18(10-8-6-2)21(19,20)16-13(3)11-15(17)12-14(16)4/h11-12H,5-10H2,1-4H3. The normalized spacial score (nSPS) is 12.1. The third-order valence-electron chi connectivity index (χ3n) is 3.55. The molecule has 0 aliphatic rings. The van der Waals surface area contributed by atoms with E-state index in [4.69, 9.17) is 0 Å². The summed E-state index contributed by atoms with van der Waals surface area (Å²) >= 11 is 0. The van der Waals surface area contributed by atoms with E-state index in [0.717, 1.165) is 25.7 Å². The quantitative estimate of drug-likeness (QED) is 0.726. The van der Waals surface area contributed by atoms with Gasteiger partial charge in [0.05, 0.1) is 4.90 Å². The molecule has 0 N–H and O–H groups in total. The molecular formula is C16H26FNO2S. The summed E-state index contributed by atoms with van der Waals surface area (Å²) in [6.45, 7) is 8.43. The summed E-state index contributed by atoms with van der Waals surface area (Å²) < 4.78 is 40.7. The molecule has 0 saturated heterocycles. The topological polar surface area (TPSA) is 37.4 Å². The van der Waals surface area contributed by atoms with E-state index < -0.39 is 15.8 Å². The number of benzene rings is 1. The van der Waals surface area contributed by atoms with Gasteiger partial charge in [0, 0.05) is 13.1 Å². The van der Waals surface area contributed by atoms with Crippen molar-refractivity contribution in [3.63, 3.8) is 0 Å². The Balaban J connectivity index is 3.21. The third-order valence-corrected chi connectivity index (χ3v) is 5.75. The van der Waals surface area contributed by atoms with E-state index in [1.807, 2.05) is 13.8 Å².